The van der Waals surface area contributed by atoms with Gasteiger partial charge in [0.25, 0.3) is 0 Å². The van der Waals surface area contributed by atoms with Crippen molar-refractivity contribution in [1.82, 2.24) is 5.32 Å². The van der Waals surface area contributed by atoms with E-state index in [9.17, 15) is 4.79 Å². The smallest absolute Gasteiger partial charge is 0.304 e. The first-order chi connectivity index (χ1) is 6.52. The molecule has 0 rings (SSSR count). The summed E-state index contributed by atoms with van der Waals surface area (Å²) in [6.07, 6.45) is 0.643. The summed E-state index contributed by atoms with van der Waals surface area (Å²) in [5, 5.41) is 3.11. The highest BCUT2D eigenvalue weighted by atomic mass is 16.7. The molecule has 0 aromatic rings. The average molecular weight is 203 g/mol. The fourth-order valence-corrected chi connectivity index (χ4v) is 0.907. The van der Waals surface area contributed by atoms with E-state index in [2.05, 4.69) is 19.2 Å². The molecule has 4 nitrogen and oxygen atoms in total. The number of nitrogens with one attached hydrogen (secondary N) is 1. The molecule has 14 heavy (non-hydrogen) atoms. The molecule has 4 heteroatoms. The van der Waals surface area contributed by atoms with Crippen LogP contribution in [0.4, 0.5) is 0 Å². The van der Waals surface area contributed by atoms with Crippen LogP contribution in [0.2, 0.25) is 0 Å². The second-order valence-corrected chi connectivity index (χ2v) is 3.67. The van der Waals surface area contributed by atoms with Gasteiger partial charge in [-0.3, -0.25) is 10.1 Å². The lowest BCUT2D eigenvalue weighted by Crippen LogP contribution is -2.25. The first kappa shape index (κ1) is 13.4. The molecular formula is C10H21NO3. The van der Waals surface area contributed by atoms with Crippen LogP contribution in [-0.2, 0) is 14.3 Å². The van der Waals surface area contributed by atoms with Crippen molar-refractivity contribution in [2.75, 3.05) is 13.3 Å². The van der Waals surface area contributed by atoms with Crippen LogP contribution < -0.4 is 5.32 Å². The van der Waals surface area contributed by atoms with Crippen molar-refractivity contribution in [1.29, 1.82) is 0 Å². The Kier molecular flexibility index (Phi) is 7.42. The van der Waals surface area contributed by atoms with E-state index < -0.39 is 6.29 Å². The maximum Gasteiger partial charge on any atom is 0.304 e. The Bertz CT molecular complexity index is 159. The van der Waals surface area contributed by atoms with Gasteiger partial charge >= 0.3 is 5.97 Å². The molecule has 84 valence electrons. The Morgan fingerprint density at radius 3 is 2.50 bits per heavy atom. The van der Waals surface area contributed by atoms with Gasteiger partial charge in [-0.05, 0) is 25.8 Å². The van der Waals surface area contributed by atoms with Gasteiger partial charge in [0.05, 0.1) is 0 Å². The van der Waals surface area contributed by atoms with E-state index in [1.165, 1.54) is 6.92 Å². The summed E-state index contributed by atoms with van der Waals surface area (Å²) in [5.41, 5.74) is 0. The Morgan fingerprint density at radius 2 is 2.00 bits per heavy atom. The van der Waals surface area contributed by atoms with E-state index >= 15 is 0 Å². The Labute approximate surface area is 86.0 Å². The van der Waals surface area contributed by atoms with E-state index in [4.69, 9.17) is 9.47 Å². The fraction of sp³-hybridized carbons (Fsp3) is 0.900. The zero-order chi connectivity index (χ0) is 11.0. The Hall–Kier alpha value is -0.610. The van der Waals surface area contributed by atoms with Crippen molar-refractivity contribution in [2.24, 2.45) is 5.92 Å². The van der Waals surface area contributed by atoms with Gasteiger partial charge in [0.2, 0.25) is 6.29 Å². The number of carbonyl (C=O) groups excluding carboxylic acids is 1. The Balaban J connectivity index is 3.23. The summed E-state index contributed by atoms with van der Waals surface area (Å²) >= 11 is 0. The molecule has 1 unspecified atom stereocenters. The molecule has 0 fully saturated rings. The molecule has 1 atom stereocenters. The number of esters is 1. The molecule has 0 aliphatic heterocycles. The van der Waals surface area contributed by atoms with Crippen LogP contribution in [0, 0.1) is 5.92 Å². The predicted molar refractivity (Wildman–Crippen MR) is 54.6 cm³/mol. The van der Waals surface area contributed by atoms with Crippen molar-refractivity contribution >= 4 is 5.97 Å². The van der Waals surface area contributed by atoms with Gasteiger partial charge in [0, 0.05) is 6.92 Å². The van der Waals surface area contributed by atoms with Crippen molar-refractivity contribution in [2.45, 2.75) is 40.4 Å². The molecule has 0 bridgehead atoms. The largest absolute Gasteiger partial charge is 0.436 e. The maximum atomic E-state index is 10.5. The second-order valence-electron chi connectivity index (χ2n) is 3.67. The van der Waals surface area contributed by atoms with Gasteiger partial charge in [0.15, 0.2) is 0 Å². The van der Waals surface area contributed by atoms with E-state index in [0.717, 1.165) is 13.0 Å². The average Bonchev–Trinajstić information content (AvgIpc) is 2.01. The summed E-state index contributed by atoms with van der Waals surface area (Å²) in [6, 6.07) is 0. The maximum absolute atomic E-state index is 10.5. The molecule has 0 saturated carbocycles. The number of ether oxygens (including phenoxy) is 2. The number of carbonyl (C=O) groups is 1. The highest BCUT2D eigenvalue weighted by Gasteiger charge is 2.03. The second kappa shape index (κ2) is 7.76. The lowest BCUT2D eigenvalue weighted by Gasteiger charge is -2.13. The summed E-state index contributed by atoms with van der Waals surface area (Å²) in [5.74, 6) is 0.369. The minimum absolute atomic E-state index is 0.320. The molecule has 0 amide bonds. The highest BCUT2D eigenvalue weighted by molar-refractivity contribution is 5.65. The van der Waals surface area contributed by atoms with Gasteiger partial charge < -0.3 is 9.47 Å². The summed E-state index contributed by atoms with van der Waals surface area (Å²) in [4.78, 5) is 10.5. The molecule has 0 saturated heterocycles. The third-order valence-corrected chi connectivity index (χ3v) is 1.65. The molecule has 0 aromatic heterocycles. The molecular weight excluding hydrogens is 182 g/mol. The molecule has 0 heterocycles. The predicted octanol–water partition coefficient (Wildman–Crippen LogP) is 1.51. The zero-order valence-electron chi connectivity index (χ0n) is 9.50. The van der Waals surface area contributed by atoms with Crippen LogP contribution in [0.3, 0.4) is 0 Å². The normalized spacial score (nSPS) is 12.9. The molecule has 0 radical (unpaired) electrons. The molecule has 0 aromatic carbocycles. The quantitative estimate of drug-likeness (QED) is 0.387. The van der Waals surface area contributed by atoms with Gasteiger partial charge in [0.1, 0.15) is 6.73 Å². The van der Waals surface area contributed by atoms with E-state index in [1.54, 1.807) is 6.92 Å². The van der Waals surface area contributed by atoms with Crippen LogP contribution in [0.25, 0.3) is 0 Å². The minimum atomic E-state index is -0.473. The first-order valence-electron chi connectivity index (χ1n) is 5.02. The number of rotatable bonds is 7. The Morgan fingerprint density at radius 1 is 1.36 bits per heavy atom. The van der Waals surface area contributed by atoms with Gasteiger partial charge in [-0.1, -0.05) is 13.8 Å². The van der Waals surface area contributed by atoms with Crippen molar-refractivity contribution < 1.29 is 14.3 Å². The van der Waals surface area contributed by atoms with Crippen molar-refractivity contribution in [3.8, 4) is 0 Å². The number of hydrogen-bond acceptors (Lipinski definition) is 4. The summed E-state index contributed by atoms with van der Waals surface area (Å²) < 4.78 is 9.96. The van der Waals surface area contributed by atoms with Crippen LogP contribution in [-0.4, -0.2) is 25.5 Å². The molecule has 0 spiro atoms. The van der Waals surface area contributed by atoms with E-state index in [0.29, 0.717) is 12.6 Å². The van der Waals surface area contributed by atoms with Crippen molar-refractivity contribution in [3.05, 3.63) is 0 Å². The summed E-state index contributed by atoms with van der Waals surface area (Å²) in [6.45, 7) is 8.75. The topological polar surface area (TPSA) is 47.6 Å². The fourth-order valence-electron chi connectivity index (χ4n) is 0.907. The third-order valence-electron chi connectivity index (χ3n) is 1.65. The summed E-state index contributed by atoms with van der Waals surface area (Å²) in [7, 11) is 0. The molecule has 0 aliphatic rings. The monoisotopic (exact) mass is 203 g/mol. The number of hydrogen-bond donors (Lipinski definition) is 1. The van der Waals surface area contributed by atoms with E-state index in [-0.39, 0.29) is 5.97 Å². The van der Waals surface area contributed by atoms with Crippen molar-refractivity contribution in [3.63, 3.8) is 0 Å². The van der Waals surface area contributed by atoms with Crippen LogP contribution in [0.5, 0.6) is 0 Å². The third kappa shape index (κ3) is 9.48. The minimum Gasteiger partial charge on any atom is -0.436 e. The van der Waals surface area contributed by atoms with Gasteiger partial charge in [-0.15, -0.1) is 0 Å². The molecule has 0 aliphatic carbocycles. The first-order valence-corrected chi connectivity index (χ1v) is 5.02. The van der Waals surface area contributed by atoms with E-state index in [1.807, 2.05) is 0 Å². The van der Waals surface area contributed by atoms with Crippen LogP contribution >= 0.6 is 0 Å². The van der Waals surface area contributed by atoms with Crippen LogP contribution in [0.1, 0.15) is 34.1 Å². The highest BCUT2D eigenvalue weighted by Crippen LogP contribution is 1.96. The van der Waals surface area contributed by atoms with Crippen LogP contribution in [0.15, 0.2) is 0 Å². The SMILES string of the molecule is CC(=O)OC(C)OCNCCC(C)C. The standard InChI is InChI=1S/C10H21NO3/c1-8(2)5-6-11-7-13-10(4)14-9(3)12/h8,10-11H,5-7H2,1-4H3. The lowest BCUT2D eigenvalue weighted by atomic mass is 10.1. The molecule has 1 N–H and O–H groups in total. The lowest BCUT2D eigenvalue weighted by molar-refractivity contribution is -0.173. The van der Waals surface area contributed by atoms with Gasteiger partial charge in [-0.2, -0.15) is 0 Å². The zero-order valence-corrected chi connectivity index (χ0v) is 9.50. The van der Waals surface area contributed by atoms with Gasteiger partial charge in [-0.25, -0.2) is 0 Å².